The van der Waals surface area contributed by atoms with Gasteiger partial charge in [-0.15, -0.1) is 11.8 Å². The molecule has 14 nitrogen and oxygen atoms in total. The second-order valence-electron chi connectivity index (χ2n) is 21.7. The highest BCUT2D eigenvalue weighted by molar-refractivity contribution is 8.01. The molecule has 4 fully saturated rings. The number of hydrogen-bond acceptors (Lipinski definition) is 14. The van der Waals surface area contributed by atoms with Crippen molar-refractivity contribution in [3.63, 3.8) is 0 Å². The molecular weight excluding hydrogens is 891 g/mol. The number of nitrogens with one attached hydrogen (secondary N) is 1. The van der Waals surface area contributed by atoms with E-state index >= 15 is 0 Å². The number of allylic oxidation sites excluding steroid dienone is 1. The summed E-state index contributed by atoms with van der Waals surface area (Å²) in [6, 6.07) is -1.19. The molecular formula is C53H85NO13S. The molecule has 4 aliphatic carbocycles. The van der Waals surface area contributed by atoms with Crippen molar-refractivity contribution in [2.24, 2.45) is 46.3 Å². The maximum Gasteiger partial charge on any atom is 0.348 e. The molecule has 15 heteroatoms. The molecule has 0 aromatic rings. The Morgan fingerprint density at radius 3 is 2.19 bits per heavy atom. The largest absolute Gasteiger partial charge is 0.466 e. The zero-order chi connectivity index (χ0) is 50.0. The molecule has 0 spiro atoms. The van der Waals surface area contributed by atoms with Gasteiger partial charge in [-0.25, -0.2) is 4.79 Å². The van der Waals surface area contributed by atoms with Gasteiger partial charge in [0.1, 0.15) is 18.8 Å². The van der Waals surface area contributed by atoms with E-state index in [9.17, 15) is 28.8 Å². The van der Waals surface area contributed by atoms with Crippen LogP contribution in [0, 0.1) is 46.3 Å². The summed E-state index contributed by atoms with van der Waals surface area (Å²) in [7, 11) is 1.20. The Bertz CT molecular complexity index is 1790. The van der Waals surface area contributed by atoms with Crippen LogP contribution in [0.25, 0.3) is 0 Å². The molecule has 5 rings (SSSR count). The van der Waals surface area contributed by atoms with Crippen LogP contribution in [0.1, 0.15) is 172 Å². The summed E-state index contributed by atoms with van der Waals surface area (Å²) in [4.78, 5) is 73.8. The minimum Gasteiger partial charge on any atom is -0.466 e. The number of fused-ring (bicyclic) bond motifs is 5. The molecule has 1 amide bonds. The summed E-state index contributed by atoms with van der Waals surface area (Å²) in [6.45, 7) is 18.5. The second-order valence-corrected chi connectivity index (χ2v) is 23.1. The Morgan fingerprint density at radius 1 is 0.824 bits per heavy atom. The van der Waals surface area contributed by atoms with E-state index in [-0.39, 0.29) is 17.9 Å². The van der Waals surface area contributed by atoms with Gasteiger partial charge in [-0.05, 0) is 116 Å². The van der Waals surface area contributed by atoms with Gasteiger partial charge in [0.05, 0.1) is 19.3 Å². The smallest absolute Gasteiger partial charge is 0.348 e. The van der Waals surface area contributed by atoms with Gasteiger partial charge in [-0.1, -0.05) is 78.4 Å². The van der Waals surface area contributed by atoms with Gasteiger partial charge in [0.25, 0.3) is 0 Å². The highest BCUT2D eigenvalue weighted by Gasteiger charge is 2.60. The number of unbranched alkanes of at least 4 members (excludes halogenated alkanes) is 3. The molecule has 1 N–H and O–H groups in total. The second kappa shape index (κ2) is 24.8. The summed E-state index contributed by atoms with van der Waals surface area (Å²) in [5.41, 5.74) is 2.41. The fourth-order valence-corrected chi connectivity index (χ4v) is 14.7. The molecule has 0 aromatic heterocycles. The summed E-state index contributed by atoms with van der Waals surface area (Å²) in [5, 5.41) is 2.72. The number of carbonyl (C=O) groups is 6. The third-order valence-electron chi connectivity index (χ3n) is 16.5. The van der Waals surface area contributed by atoms with Crippen LogP contribution < -0.4 is 5.32 Å². The first kappa shape index (κ1) is 55.8. The van der Waals surface area contributed by atoms with Gasteiger partial charge in [-0.2, -0.15) is 0 Å². The van der Waals surface area contributed by atoms with Gasteiger partial charge >= 0.3 is 29.8 Å². The van der Waals surface area contributed by atoms with E-state index in [1.807, 2.05) is 0 Å². The van der Waals surface area contributed by atoms with Gasteiger partial charge in [-0.3, -0.25) is 24.0 Å². The number of hydrogen-bond donors (Lipinski definition) is 1. The van der Waals surface area contributed by atoms with E-state index in [1.165, 1.54) is 78.7 Å². The first-order valence-electron chi connectivity index (χ1n) is 25.8. The zero-order valence-electron chi connectivity index (χ0n) is 43.2. The SMILES string of the molecule is COC(=O)C1(SCCCCCCO[C@H]2CC[C@@]3(C)C(=CC[C@H]4[C@@H]5CC[C@H]([C@H](C)CCCC(C)C)[C@@]5(C)CC[C@@H]43)C2)C[C@H](OC(C)=O)[C@@H](NC(C)=O)[C@H]([C@H](OC(C)=O)[C@@H](COC(C)=O)OC(C)=O)O1. The van der Waals surface area contributed by atoms with Crippen molar-refractivity contribution in [2.45, 2.75) is 213 Å². The quantitative estimate of drug-likeness (QED) is 0.0443. The molecule has 68 heavy (non-hydrogen) atoms. The minimum atomic E-state index is -1.80. The molecule has 5 aliphatic rings. The number of esters is 5. The Morgan fingerprint density at radius 2 is 1.54 bits per heavy atom. The molecule has 1 saturated heterocycles. The zero-order valence-corrected chi connectivity index (χ0v) is 44.0. The van der Waals surface area contributed by atoms with Gasteiger partial charge < -0.3 is 38.5 Å². The Kier molecular flexibility index (Phi) is 20.3. The van der Waals surface area contributed by atoms with E-state index in [1.54, 1.807) is 5.57 Å². The molecule has 14 atom stereocenters. The van der Waals surface area contributed by atoms with Crippen LogP contribution >= 0.6 is 11.8 Å². The van der Waals surface area contributed by atoms with Gasteiger partial charge in [0.15, 0.2) is 12.2 Å². The predicted molar refractivity (Wildman–Crippen MR) is 259 cm³/mol. The number of rotatable bonds is 23. The first-order valence-corrected chi connectivity index (χ1v) is 26.8. The van der Waals surface area contributed by atoms with Crippen molar-refractivity contribution in [1.29, 1.82) is 0 Å². The Labute approximate surface area is 410 Å². The van der Waals surface area contributed by atoms with Crippen molar-refractivity contribution < 1.29 is 61.9 Å². The van der Waals surface area contributed by atoms with Crippen molar-refractivity contribution in [3.8, 4) is 0 Å². The van der Waals surface area contributed by atoms with Crippen LogP contribution in [-0.2, 0) is 61.9 Å². The fraction of sp³-hybridized carbons (Fsp3) is 0.849. The monoisotopic (exact) mass is 976 g/mol. The predicted octanol–water partition coefficient (Wildman–Crippen LogP) is 9.23. The highest BCUT2D eigenvalue weighted by atomic mass is 32.2. The standard InChI is InChI=1S/C53H85NO13S/c1-32(2)17-16-18-33(3)42-21-22-43-41-20-19-39-29-40(23-25-51(39,9)44(41)24-26-52(42,43)10)62-27-14-12-13-15-28-68-53(50(60)61-11)30-45(64-36(6)57)47(54-34(4)55)49(67-53)48(66-38(8)59)46(65-37(7)58)31-63-35(5)56/h19,32-33,40-49H,12-18,20-31H2,1-11H3,(H,54,55)/t33-,40+,41+,42-,43+,44+,45+,46-,47-,48-,49-,51+,52-,53?/m1/s1. The van der Waals surface area contributed by atoms with E-state index < -0.39 is 77.8 Å². The average molecular weight is 976 g/mol. The van der Waals surface area contributed by atoms with Crippen LogP contribution in [-0.4, -0.2) is 103 Å². The average Bonchev–Trinajstić information content (AvgIpc) is 3.62. The molecule has 0 radical (unpaired) electrons. The maximum absolute atomic E-state index is 13.8. The van der Waals surface area contributed by atoms with Crippen LogP contribution in [0.4, 0.5) is 0 Å². The Hall–Kier alpha value is -3.17. The Balaban J connectivity index is 1.16. The van der Waals surface area contributed by atoms with Crippen molar-refractivity contribution in [2.75, 3.05) is 26.1 Å². The van der Waals surface area contributed by atoms with Gasteiger partial charge in [0, 0.05) is 47.6 Å². The number of amides is 1. The number of thioether (sulfide) groups is 1. The number of methoxy groups -OCH3 is 1. The maximum atomic E-state index is 13.8. The molecule has 0 bridgehead atoms. The van der Waals surface area contributed by atoms with Crippen molar-refractivity contribution in [1.82, 2.24) is 5.32 Å². The van der Waals surface area contributed by atoms with Crippen LogP contribution in [0.15, 0.2) is 11.6 Å². The third kappa shape index (κ3) is 13.8. The molecule has 1 aliphatic heterocycles. The number of carbonyl (C=O) groups excluding carboxylic acids is 6. The van der Waals surface area contributed by atoms with Gasteiger partial charge in [0.2, 0.25) is 10.8 Å². The lowest BCUT2D eigenvalue weighted by Gasteiger charge is -2.58. The first-order chi connectivity index (χ1) is 32.1. The normalized spacial score (nSPS) is 33.3. The summed E-state index contributed by atoms with van der Waals surface area (Å²) in [6.07, 6.45) is 14.7. The lowest BCUT2D eigenvalue weighted by molar-refractivity contribution is -0.224. The van der Waals surface area contributed by atoms with E-state index in [0.29, 0.717) is 24.2 Å². The molecule has 1 heterocycles. The lowest BCUT2D eigenvalue weighted by Crippen LogP contribution is -2.68. The molecule has 386 valence electrons. The van der Waals surface area contributed by atoms with Crippen molar-refractivity contribution >= 4 is 47.5 Å². The molecule has 0 aromatic carbocycles. The highest BCUT2D eigenvalue weighted by Crippen LogP contribution is 2.67. The van der Waals surface area contributed by atoms with Crippen molar-refractivity contribution in [3.05, 3.63) is 11.6 Å². The number of ether oxygens (including phenoxy) is 7. The van der Waals surface area contributed by atoms with E-state index in [0.717, 1.165) is 100 Å². The minimum absolute atomic E-state index is 0.217. The van der Waals surface area contributed by atoms with Crippen LogP contribution in [0.2, 0.25) is 0 Å². The van der Waals surface area contributed by atoms with E-state index in [2.05, 4.69) is 46.0 Å². The van der Waals surface area contributed by atoms with E-state index in [4.69, 9.17) is 33.2 Å². The lowest BCUT2D eigenvalue weighted by atomic mass is 9.47. The summed E-state index contributed by atoms with van der Waals surface area (Å²) < 4.78 is 40.5. The molecule has 3 saturated carbocycles. The van der Waals surface area contributed by atoms with Crippen LogP contribution in [0.5, 0.6) is 0 Å². The summed E-state index contributed by atoms with van der Waals surface area (Å²) >= 11 is 1.16. The third-order valence-corrected chi connectivity index (χ3v) is 17.9. The van der Waals surface area contributed by atoms with Crippen LogP contribution in [0.3, 0.4) is 0 Å². The summed E-state index contributed by atoms with van der Waals surface area (Å²) in [5.74, 6) is 1.03. The topological polar surface area (TPSA) is 179 Å². The molecule has 1 unspecified atom stereocenters. The fourth-order valence-electron chi connectivity index (χ4n) is 13.4.